The minimum Gasteiger partial charge on any atom is -0.372 e. The number of hydrogen-bond acceptors (Lipinski definition) is 2. The molecular formula is C17H19F2NO. The van der Waals surface area contributed by atoms with Crippen LogP contribution < -0.4 is 5.73 Å². The molecule has 0 radical (unpaired) electrons. The van der Waals surface area contributed by atoms with Crippen molar-refractivity contribution in [2.75, 3.05) is 6.61 Å². The highest BCUT2D eigenvalue weighted by Gasteiger charge is 2.20. The van der Waals surface area contributed by atoms with Crippen LogP contribution in [0.2, 0.25) is 0 Å². The maximum atomic E-state index is 13.3. The summed E-state index contributed by atoms with van der Waals surface area (Å²) in [6.07, 6.45) is 0.140. The molecule has 2 rings (SSSR count). The molecule has 0 saturated carbocycles. The lowest BCUT2D eigenvalue weighted by Crippen LogP contribution is -2.32. The minimum absolute atomic E-state index is 0.274. The van der Waals surface area contributed by atoms with Crippen molar-refractivity contribution in [3.05, 3.63) is 71.3 Å². The predicted octanol–water partition coefficient (Wildman–Crippen LogP) is 3.61. The molecule has 2 aromatic rings. The van der Waals surface area contributed by atoms with Gasteiger partial charge in [-0.15, -0.1) is 0 Å². The van der Waals surface area contributed by atoms with Crippen LogP contribution in [0.5, 0.6) is 0 Å². The zero-order valence-corrected chi connectivity index (χ0v) is 11.9. The van der Waals surface area contributed by atoms with Crippen molar-refractivity contribution >= 4 is 0 Å². The molecule has 0 aliphatic heterocycles. The maximum Gasteiger partial charge on any atom is 0.159 e. The highest BCUT2D eigenvalue weighted by molar-refractivity contribution is 5.23. The summed E-state index contributed by atoms with van der Waals surface area (Å²) < 4.78 is 31.9. The first-order valence-electron chi connectivity index (χ1n) is 6.98. The Morgan fingerprint density at radius 1 is 1.05 bits per heavy atom. The Bertz CT molecular complexity index is 574. The zero-order valence-electron chi connectivity index (χ0n) is 11.9. The van der Waals surface area contributed by atoms with Gasteiger partial charge in [0.2, 0.25) is 0 Å². The number of halogens is 2. The van der Waals surface area contributed by atoms with Crippen molar-refractivity contribution in [3.63, 3.8) is 0 Å². The molecule has 2 nitrogen and oxygen atoms in total. The number of hydrogen-bond donors (Lipinski definition) is 1. The van der Waals surface area contributed by atoms with E-state index in [0.29, 0.717) is 18.6 Å². The average molecular weight is 291 g/mol. The third-order valence-corrected chi connectivity index (χ3v) is 3.32. The molecule has 4 heteroatoms. The second-order valence-corrected chi connectivity index (χ2v) is 4.90. The maximum absolute atomic E-state index is 13.3. The first kappa shape index (κ1) is 15.6. The molecule has 0 aliphatic carbocycles. The molecule has 2 N–H and O–H groups in total. The summed E-state index contributed by atoms with van der Waals surface area (Å²) in [5.41, 5.74) is 7.85. The minimum atomic E-state index is -0.854. The Morgan fingerprint density at radius 2 is 1.76 bits per heavy atom. The van der Waals surface area contributed by atoms with Gasteiger partial charge >= 0.3 is 0 Å². The van der Waals surface area contributed by atoms with E-state index in [1.165, 1.54) is 6.07 Å². The van der Waals surface area contributed by atoms with E-state index in [0.717, 1.165) is 11.6 Å². The van der Waals surface area contributed by atoms with E-state index < -0.39 is 11.6 Å². The molecule has 0 saturated heterocycles. The van der Waals surface area contributed by atoms with Crippen LogP contribution in [0.4, 0.5) is 8.78 Å². The number of rotatable bonds is 6. The van der Waals surface area contributed by atoms with E-state index in [9.17, 15) is 8.78 Å². The summed E-state index contributed by atoms with van der Waals surface area (Å²) in [4.78, 5) is 0. The molecule has 0 aromatic heterocycles. The van der Waals surface area contributed by atoms with Crippen LogP contribution in [0.25, 0.3) is 0 Å². The van der Waals surface area contributed by atoms with Gasteiger partial charge in [0.25, 0.3) is 0 Å². The fraction of sp³-hybridized carbons (Fsp3) is 0.294. The quantitative estimate of drug-likeness (QED) is 0.882. The fourth-order valence-electron chi connectivity index (χ4n) is 2.34. The normalized spacial score (nSPS) is 13.9. The van der Waals surface area contributed by atoms with Crippen molar-refractivity contribution in [1.82, 2.24) is 0 Å². The topological polar surface area (TPSA) is 35.2 Å². The molecule has 2 unspecified atom stereocenters. The van der Waals surface area contributed by atoms with Gasteiger partial charge in [-0.1, -0.05) is 36.4 Å². The van der Waals surface area contributed by atoms with E-state index in [1.807, 2.05) is 37.3 Å². The summed E-state index contributed by atoms with van der Waals surface area (Å²) in [5, 5.41) is 0. The van der Waals surface area contributed by atoms with Crippen molar-refractivity contribution in [2.45, 2.75) is 25.5 Å². The largest absolute Gasteiger partial charge is 0.372 e. The second kappa shape index (κ2) is 7.29. The van der Waals surface area contributed by atoms with Gasteiger partial charge in [0.15, 0.2) is 11.6 Å². The molecule has 2 atom stereocenters. The van der Waals surface area contributed by atoms with Gasteiger partial charge in [-0.05, 0) is 36.6 Å². The Hall–Kier alpha value is -1.78. The first-order chi connectivity index (χ1) is 10.1. The van der Waals surface area contributed by atoms with Gasteiger partial charge < -0.3 is 10.5 Å². The summed E-state index contributed by atoms with van der Waals surface area (Å²) in [6, 6.07) is 13.2. The van der Waals surface area contributed by atoms with Crippen LogP contribution in [-0.4, -0.2) is 12.6 Å². The van der Waals surface area contributed by atoms with Crippen molar-refractivity contribution in [2.24, 2.45) is 5.73 Å². The molecule has 0 heterocycles. The Balaban J connectivity index is 2.15. The van der Waals surface area contributed by atoms with E-state index in [4.69, 9.17) is 10.5 Å². The van der Waals surface area contributed by atoms with Crippen LogP contribution in [0.3, 0.4) is 0 Å². The van der Waals surface area contributed by atoms with Gasteiger partial charge in [0.05, 0.1) is 6.10 Å². The van der Waals surface area contributed by atoms with Crippen LogP contribution in [0.15, 0.2) is 48.5 Å². The molecule has 0 fully saturated rings. The standard InChI is InChI=1S/C17H19F2NO/c1-2-21-17(13-6-4-3-5-7-13)16(20)11-12-8-9-14(18)15(19)10-12/h3-10,16-17H,2,11,20H2,1H3. The average Bonchev–Trinajstić information content (AvgIpc) is 2.49. The van der Waals surface area contributed by atoms with Crippen molar-refractivity contribution < 1.29 is 13.5 Å². The van der Waals surface area contributed by atoms with Crippen molar-refractivity contribution in [1.29, 1.82) is 0 Å². The second-order valence-electron chi connectivity index (χ2n) is 4.90. The summed E-state index contributed by atoms with van der Waals surface area (Å²) >= 11 is 0. The van der Waals surface area contributed by atoms with Crippen LogP contribution >= 0.6 is 0 Å². The van der Waals surface area contributed by atoms with Gasteiger partial charge in [-0.2, -0.15) is 0 Å². The van der Waals surface area contributed by atoms with Crippen LogP contribution in [0, 0.1) is 11.6 Å². The van der Waals surface area contributed by atoms with Gasteiger partial charge in [-0.25, -0.2) is 8.78 Å². The monoisotopic (exact) mass is 291 g/mol. The lowest BCUT2D eigenvalue weighted by Gasteiger charge is -2.24. The number of ether oxygens (including phenoxy) is 1. The molecule has 0 spiro atoms. The van der Waals surface area contributed by atoms with Gasteiger partial charge in [0, 0.05) is 12.6 Å². The van der Waals surface area contributed by atoms with E-state index in [2.05, 4.69) is 0 Å². The van der Waals surface area contributed by atoms with Gasteiger partial charge in [-0.3, -0.25) is 0 Å². The van der Waals surface area contributed by atoms with E-state index in [1.54, 1.807) is 6.07 Å². The molecule has 0 aliphatic rings. The Kier molecular flexibility index (Phi) is 5.42. The molecule has 0 amide bonds. The molecular weight excluding hydrogens is 272 g/mol. The third-order valence-electron chi connectivity index (χ3n) is 3.32. The smallest absolute Gasteiger partial charge is 0.159 e. The summed E-state index contributed by atoms with van der Waals surface area (Å²) in [6.45, 7) is 2.44. The van der Waals surface area contributed by atoms with E-state index in [-0.39, 0.29) is 12.1 Å². The molecule has 0 bridgehead atoms. The predicted molar refractivity (Wildman–Crippen MR) is 78.8 cm³/mol. The lowest BCUT2D eigenvalue weighted by atomic mass is 9.96. The van der Waals surface area contributed by atoms with E-state index >= 15 is 0 Å². The first-order valence-corrected chi connectivity index (χ1v) is 6.98. The molecule has 112 valence electrons. The van der Waals surface area contributed by atoms with Gasteiger partial charge in [0.1, 0.15) is 0 Å². The van der Waals surface area contributed by atoms with Crippen LogP contribution in [0.1, 0.15) is 24.2 Å². The van der Waals surface area contributed by atoms with Crippen molar-refractivity contribution in [3.8, 4) is 0 Å². The Labute approximate surface area is 123 Å². The SMILES string of the molecule is CCOC(c1ccccc1)C(N)Cc1ccc(F)c(F)c1. The third kappa shape index (κ3) is 4.09. The number of nitrogens with two attached hydrogens (primary N) is 1. The summed E-state index contributed by atoms with van der Waals surface area (Å²) in [7, 11) is 0. The Morgan fingerprint density at radius 3 is 2.38 bits per heavy atom. The van der Waals surface area contributed by atoms with Crippen LogP contribution in [-0.2, 0) is 11.2 Å². The molecule has 2 aromatic carbocycles. The summed E-state index contributed by atoms with van der Waals surface area (Å²) in [5.74, 6) is -1.70. The number of benzene rings is 2. The fourth-order valence-corrected chi connectivity index (χ4v) is 2.34. The molecule has 21 heavy (non-hydrogen) atoms. The highest BCUT2D eigenvalue weighted by Crippen LogP contribution is 2.23. The zero-order chi connectivity index (χ0) is 15.2. The lowest BCUT2D eigenvalue weighted by molar-refractivity contribution is 0.0433. The highest BCUT2D eigenvalue weighted by atomic mass is 19.2.